The fraction of sp³-hybridized carbons (Fsp3) is 0.316. The van der Waals surface area contributed by atoms with Crippen molar-refractivity contribution in [2.24, 2.45) is 0 Å². The fourth-order valence-electron chi connectivity index (χ4n) is 2.80. The maximum absolute atomic E-state index is 13.3. The molecule has 1 atom stereocenters. The molecule has 27 heavy (non-hydrogen) atoms. The molecule has 0 spiro atoms. The zero-order chi connectivity index (χ0) is 19.8. The molecule has 8 heteroatoms. The quantitative estimate of drug-likeness (QED) is 0.843. The summed E-state index contributed by atoms with van der Waals surface area (Å²) < 4.78 is 33.5. The van der Waals surface area contributed by atoms with Gasteiger partial charge < -0.3 is 10.1 Å². The molecule has 2 aromatic carbocycles. The highest BCUT2D eigenvalue weighted by Crippen LogP contribution is 2.38. The van der Waals surface area contributed by atoms with Crippen LogP contribution in [0.1, 0.15) is 19.4 Å². The minimum Gasteiger partial charge on any atom is -0.476 e. The van der Waals surface area contributed by atoms with Crippen LogP contribution in [0.25, 0.3) is 0 Å². The average Bonchev–Trinajstić information content (AvgIpc) is 2.60. The van der Waals surface area contributed by atoms with E-state index in [2.05, 4.69) is 5.32 Å². The van der Waals surface area contributed by atoms with E-state index in [9.17, 15) is 13.2 Å². The van der Waals surface area contributed by atoms with Gasteiger partial charge in [-0.3, -0.25) is 9.10 Å². The Morgan fingerprint density at radius 1 is 1.22 bits per heavy atom. The molecule has 0 radical (unpaired) electrons. The van der Waals surface area contributed by atoms with Crippen LogP contribution in [-0.4, -0.2) is 33.0 Å². The Kier molecular flexibility index (Phi) is 5.35. The molecule has 1 aliphatic rings. The highest BCUT2D eigenvalue weighted by Gasteiger charge is 2.37. The van der Waals surface area contributed by atoms with Gasteiger partial charge in [-0.05, 0) is 51.1 Å². The molecule has 144 valence electrons. The Bertz CT molecular complexity index is 958. The van der Waals surface area contributed by atoms with Gasteiger partial charge in [0.2, 0.25) is 0 Å². The second-order valence-corrected chi connectivity index (χ2v) is 9.03. The highest BCUT2D eigenvalue weighted by atomic mass is 35.5. The predicted molar refractivity (Wildman–Crippen MR) is 105 cm³/mol. The number of amides is 1. The predicted octanol–water partition coefficient (Wildman–Crippen LogP) is 3.13. The van der Waals surface area contributed by atoms with Gasteiger partial charge in [-0.1, -0.05) is 29.3 Å². The molecule has 1 unspecified atom stereocenters. The number of carbonyl (C=O) groups is 1. The topological polar surface area (TPSA) is 75.7 Å². The van der Waals surface area contributed by atoms with E-state index >= 15 is 0 Å². The van der Waals surface area contributed by atoms with Crippen LogP contribution >= 0.6 is 11.6 Å². The average molecular weight is 409 g/mol. The van der Waals surface area contributed by atoms with Crippen LogP contribution in [0.4, 0.5) is 5.69 Å². The lowest BCUT2D eigenvalue weighted by Gasteiger charge is -2.35. The number of halogens is 1. The number of hydrogen-bond acceptors (Lipinski definition) is 4. The molecule has 0 bridgehead atoms. The first-order valence-corrected chi connectivity index (χ1v) is 10.4. The fourth-order valence-corrected chi connectivity index (χ4v) is 4.44. The number of fused-ring (bicyclic) bond motifs is 1. The minimum absolute atomic E-state index is 0.0881. The van der Waals surface area contributed by atoms with Gasteiger partial charge in [-0.15, -0.1) is 0 Å². The molecule has 1 N–H and O–H groups in total. The zero-order valence-electron chi connectivity index (χ0n) is 15.3. The van der Waals surface area contributed by atoms with Crippen LogP contribution in [0.15, 0.2) is 47.4 Å². The van der Waals surface area contributed by atoms with Gasteiger partial charge in [0.1, 0.15) is 5.75 Å². The van der Waals surface area contributed by atoms with Crippen LogP contribution in [0.3, 0.4) is 0 Å². The molecule has 0 aromatic heterocycles. The number of ether oxygens (including phenoxy) is 1. The third kappa shape index (κ3) is 4.04. The molecule has 1 heterocycles. The molecule has 1 aliphatic heterocycles. The van der Waals surface area contributed by atoms with Crippen molar-refractivity contribution in [3.05, 3.63) is 53.1 Å². The summed E-state index contributed by atoms with van der Waals surface area (Å²) >= 11 is 6.07. The highest BCUT2D eigenvalue weighted by molar-refractivity contribution is 7.92. The van der Waals surface area contributed by atoms with E-state index in [1.54, 1.807) is 36.4 Å². The SMILES string of the molecule is Cc1ccc(S(=O)(=O)N2CC(C(=O)NC(C)C)Oc3ccc(Cl)cc32)cc1. The molecule has 0 fully saturated rings. The van der Waals surface area contributed by atoms with E-state index in [0.717, 1.165) is 5.56 Å². The van der Waals surface area contributed by atoms with Crippen molar-refractivity contribution < 1.29 is 17.9 Å². The van der Waals surface area contributed by atoms with E-state index in [1.807, 2.05) is 20.8 Å². The second-order valence-electron chi connectivity index (χ2n) is 6.73. The number of carbonyl (C=O) groups excluding carboxylic acids is 1. The normalized spacial score (nSPS) is 16.6. The van der Waals surface area contributed by atoms with Gasteiger partial charge >= 0.3 is 0 Å². The van der Waals surface area contributed by atoms with Crippen LogP contribution in [-0.2, 0) is 14.8 Å². The molecule has 0 aliphatic carbocycles. The van der Waals surface area contributed by atoms with Crippen LogP contribution < -0.4 is 14.4 Å². The summed E-state index contributed by atoms with van der Waals surface area (Å²) in [6.07, 6.45) is -0.957. The number of benzene rings is 2. The lowest BCUT2D eigenvalue weighted by Crippen LogP contribution is -2.51. The van der Waals surface area contributed by atoms with E-state index < -0.39 is 16.1 Å². The minimum atomic E-state index is -3.89. The van der Waals surface area contributed by atoms with Crippen molar-refractivity contribution in [2.45, 2.75) is 37.8 Å². The smallest absolute Gasteiger partial charge is 0.264 e. The van der Waals surface area contributed by atoms with E-state index in [-0.39, 0.29) is 23.4 Å². The summed E-state index contributed by atoms with van der Waals surface area (Å²) in [5, 5.41) is 3.14. The van der Waals surface area contributed by atoms with Gasteiger partial charge in [0, 0.05) is 11.1 Å². The largest absolute Gasteiger partial charge is 0.476 e. The van der Waals surface area contributed by atoms with Crippen molar-refractivity contribution in [2.75, 3.05) is 10.8 Å². The Morgan fingerprint density at radius 3 is 2.52 bits per heavy atom. The molecule has 0 saturated heterocycles. The molecule has 6 nitrogen and oxygen atoms in total. The Hall–Kier alpha value is -2.25. The van der Waals surface area contributed by atoms with Crippen LogP contribution in [0, 0.1) is 6.92 Å². The summed E-state index contributed by atoms with van der Waals surface area (Å²) in [5.41, 5.74) is 1.27. The Balaban J connectivity index is 2.05. The number of nitrogens with one attached hydrogen (secondary N) is 1. The van der Waals surface area contributed by atoms with E-state index in [1.165, 1.54) is 10.4 Å². The summed E-state index contributed by atoms with van der Waals surface area (Å²) in [7, 11) is -3.89. The number of hydrogen-bond donors (Lipinski definition) is 1. The van der Waals surface area contributed by atoms with Crippen molar-refractivity contribution in [3.8, 4) is 5.75 Å². The molecule has 2 aromatic rings. The maximum Gasteiger partial charge on any atom is 0.264 e. The standard InChI is InChI=1S/C19H21ClN2O4S/c1-12(2)21-19(23)18-11-22(16-10-14(20)6-9-17(16)26-18)27(24,25)15-7-4-13(3)5-8-15/h4-10,12,18H,11H2,1-3H3,(H,21,23). The van der Waals surface area contributed by atoms with E-state index in [0.29, 0.717) is 16.5 Å². The number of rotatable bonds is 4. The first-order chi connectivity index (χ1) is 12.7. The number of sulfonamides is 1. The van der Waals surface area contributed by atoms with Gasteiger partial charge in [-0.25, -0.2) is 8.42 Å². The van der Waals surface area contributed by atoms with Crippen molar-refractivity contribution >= 4 is 33.2 Å². The molecule has 1 amide bonds. The number of anilines is 1. The molecule has 0 saturated carbocycles. The zero-order valence-corrected chi connectivity index (χ0v) is 16.8. The van der Waals surface area contributed by atoms with Crippen LogP contribution in [0.5, 0.6) is 5.75 Å². The lowest BCUT2D eigenvalue weighted by atomic mass is 10.2. The summed E-state index contributed by atoms with van der Waals surface area (Å²) in [6.45, 7) is 5.40. The Labute approximate surface area is 164 Å². The maximum atomic E-state index is 13.3. The van der Waals surface area contributed by atoms with Gasteiger partial charge in [0.25, 0.3) is 15.9 Å². The van der Waals surface area contributed by atoms with Gasteiger partial charge in [0.05, 0.1) is 17.1 Å². The summed E-state index contributed by atoms with van der Waals surface area (Å²) in [5.74, 6) is -0.0695. The third-order valence-corrected chi connectivity index (χ3v) is 6.15. The van der Waals surface area contributed by atoms with Gasteiger partial charge in [-0.2, -0.15) is 0 Å². The van der Waals surface area contributed by atoms with Crippen LogP contribution in [0.2, 0.25) is 5.02 Å². The van der Waals surface area contributed by atoms with Crippen molar-refractivity contribution in [3.63, 3.8) is 0 Å². The molecular formula is C19H21ClN2O4S. The van der Waals surface area contributed by atoms with Gasteiger partial charge in [0.15, 0.2) is 6.10 Å². The van der Waals surface area contributed by atoms with Crippen molar-refractivity contribution in [1.29, 1.82) is 0 Å². The van der Waals surface area contributed by atoms with E-state index in [4.69, 9.17) is 16.3 Å². The van der Waals surface area contributed by atoms with Crippen molar-refractivity contribution in [1.82, 2.24) is 5.32 Å². The first kappa shape index (κ1) is 19.5. The molecular weight excluding hydrogens is 388 g/mol. The number of nitrogens with zero attached hydrogens (tertiary/aromatic N) is 1. The molecule has 3 rings (SSSR count). The Morgan fingerprint density at radius 2 is 1.89 bits per heavy atom. The summed E-state index contributed by atoms with van der Waals surface area (Å²) in [6, 6.07) is 11.2. The second kappa shape index (κ2) is 7.40. The third-order valence-electron chi connectivity index (χ3n) is 4.12. The number of aryl methyl sites for hydroxylation is 1. The monoisotopic (exact) mass is 408 g/mol. The lowest BCUT2D eigenvalue weighted by molar-refractivity contribution is -0.128. The first-order valence-electron chi connectivity index (χ1n) is 8.54. The summed E-state index contributed by atoms with van der Waals surface area (Å²) in [4.78, 5) is 12.6.